The molecule has 4 aliphatic carbocycles. The predicted octanol–water partition coefficient (Wildman–Crippen LogP) is 6.05. The second-order valence-corrected chi connectivity index (χ2v) is 19.8. The highest BCUT2D eigenvalue weighted by atomic mass is 16.5. The maximum Gasteiger partial charge on any atom is 0.306 e. The van der Waals surface area contributed by atoms with Crippen LogP contribution in [-0.2, 0) is 9.53 Å². The quantitative estimate of drug-likeness (QED) is 0.0937. The van der Waals surface area contributed by atoms with Crippen molar-refractivity contribution in [1.29, 1.82) is 0 Å². The lowest BCUT2D eigenvalue weighted by Crippen LogP contribution is -2.62. The Bertz CT molecular complexity index is 1220. The molecule has 10 heteroatoms. The Hall–Kier alpha value is -0.850. The van der Waals surface area contributed by atoms with E-state index in [0.717, 1.165) is 25.7 Å². The molecule has 54 heavy (non-hydrogen) atoms. The van der Waals surface area contributed by atoms with Gasteiger partial charge < -0.3 is 4.74 Å². The number of hydrogen-bond donors (Lipinski definition) is 8. The Morgan fingerprint density at radius 3 is 1.15 bits per heavy atom. The molecule has 4 saturated carbocycles. The second kappa shape index (κ2) is 18.0. The van der Waals surface area contributed by atoms with Crippen LogP contribution in [0.1, 0.15) is 167 Å². The van der Waals surface area contributed by atoms with Crippen LogP contribution in [0.5, 0.6) is 0 Å². The van der Waals surface area contributed by atoms with Crippen LogP contribution in [0.25, 0.3) is 0 Å². The fourth-order valence-electron chi connectivity index (χ4n) is 13.9. The Balaban J connectivity index is 0.925. The predicted molar refractivity (Wildman–Crippen MR) is 214 cm³/mol. The minimum Gasteiger partial charge on any atom is -0.462 e. The molecule has 0 aromatic rings. The van der Waals surface area contributed by atoms with Crippen molar-refractivity contribution in [3.63, 3.8) is 0 Å². The van der Waals surface area contributed by atoms with Gasteiger partial charge in [0.2, 0.25) is 0 Å². The first kappa shape index (κ1) is 38.7. The Morgan fingerprint density at radius 2 is 0.741 bits per heavy atom. The van der Waals surface area contributed by atoms with Gasteiger partial charge in [-0.15, -0.1) is 0 Å². The SMILES string of the molecule is CCCCCCCCCCCC(=O)OC1CCCC2C3NC4NC(NC5NC(NC6NC(NC(N3)C12)C1CCCCC61)C1CCCCC51)C1CCCCC41. The molecular formula is C44H78N8O2. The number of carbonyl (C=O) groups is 1. The van der Waals surface area contributed by atoms with Crippen molar-refractivity contribution in [3.05, 3.63) is 0 Å². The van der Waals surface area contributed by atoms with Gasteiger partial charge in [-0.3, -0.25) is 47.3 Å². The molecule has 5 saturated heterocycles. The highest BCUT2D eigenvalue weighted by Crippen LogP contribution is 2.46. The van der Waals surface area contributed by atoms with E-state index in [1.165, 1.54) is 128 Å². The molecule has 9 rings (SSSR count). The molecule has 0 radical (unpaired) electrons. The van der Waals surface area contributed by atoms with E-state index >= 15 is 0 Å². The fraction of sp³-hybridized carbons (Fsp3) is 0.977. The first-order valence-electron chi connectivity index (χ1n) is 23.9. The summed E-state index contributed by atoms with van der Waals surface area (Å²) in [5, 5.41) is 33.8. The van der Waals surface area contributed by atoms with Crippen molar-refractivity contribution in [2.75, 3.05) is 0 Å². The normalized spacial score (nSPS) is 47.0. The van der Waals surface area contributed by atoms with Crippen molar-refractivity contribution in [2.24, 2.45) is 47.3 Å². The summed E-state index contributed by atoms with van der Waals surface area (Å²) in [6.45, 7) is 2.28. The molecule has 9 aliphatic rings. The van der Waals surface area contributed by atoms with Gasteiger partial charge in [-0.25, -0.2) is 0 Å². The number of unbranched alkanes of at least 4 members (excludes halogenated alkanes) is 8. The van der Waals surface area contributed by atoms with Crippen LogP contribution in [0.15, 0.2) is 0 Å². The summed E-state index contributed by atoms with van der Waals surface area (Å²) in [5.74, 6) is 4.70. The number of ether oxygens (including phenoxy) is 1. The van der Waals surface area contributed by atoms with E-state index in [2.05, 4.69) is 49.5 Å². The largest absolute Gasteiger partial charge is 0.462 e. The van der Waals surface area contributed by atoms with Crippen molar-refractivity contribution in [1.82, 2.24) is 42.5 Å². The van der Waals surface area contributed by atoms with E-state index in [1.54, 1.807) is 0 Å². The lowest BCUT2D eigenvalue weighted by molar-refractivity contribution is -0.155. The highest BCUT2D eigenvalue weighted by molar-refractivity contribution is 5.69. The lowest BCUT2D eigenvalue weighted by Gasteiger charge is -2.39. The summed E-state index contributed by atoms with van der Waals surface area (Å²) in [6, 6.07) is 0. The van der Waals surface area contributed by atoms with E-state index in [-0.39, 0.29) is 36.5 Å². The first-order chi connectivity index (χ1) is 26.6. The standard InChI is InChI=1S/C44H78N8O2/c1-2-3-4-5-6-7-8-9-10-26-35(53)54-34-25-17-24-33-36(34)44-51-42-32-23-16-15-22-31(32)40(49-42)47-38-28-19-12-11-18-27(28)37(45-38)46-39-29-20-13-14-21-30(29)41(48-39)50-43(33)52-44/h27-34,36-52H,2-26H2,1H3. The number of nitrogens with one attached hydrogen (secondary N) is 8. The summed E-state index contributed by atoms with van der Waals surface area (Å²) in [5.41, 5.74) is 0. The van der Waals surface area contributed by atoms with Gasteiger partial charge in [0, 0.05) is 12.3 Å². The van der Waals surface area contributed by atoms with Crippen molar-refractivity contribution >= 4 is 5.97 Å². The maximum absolute atomic E-state index is 13.5. The van der Waals surface area contributed by atoms with Crippen LogP contribution in [0.2, 0.25) is 0 Å². The molecule has 0 aromatic carbocycles. The molecule has 8 bridgehead atoms. The molecule has 8 N–H and O–H groups in total. The monoisotopic (exact) mass is 751 g/mol. The summed E-state index contributed by atoms with van der Waals surface area (Å²) in [7, 11) is 0. The molecule has 17 unspecified atom stereocenters. The smallest absolute Gasteiger partial charge is 0.306 e. The zero-order valence-electron chi connectivity index (χ0n) is 33.8. The van der Waals surface area contributed by atoms with Crippen LogP contribution in [0.4, 0.5) is 0 Å². The van der Waals surface area contributed by atoms with E-state index in [0.29, 0.717) is 78.7 Å². The van der Waals surface area contributed by atoms with Crippen LogP contribution in [-0.4, -0.2) is 61.4 Å². The molecule has 0 amide bonds. The van der Waals surface area contributed by atoms with Crippen molar-refractivity contribution in [2.45, 2.75) is 223 Å². The van der Waals surface area contributed by atoms with Crippen LogP contribution < -0.4 is 42.5 Å². The van der Waals surface area contributed by atoms with Gasteiger partial charge in [-0.2, -0.15) is 0 Å². The van der Waals surface area contributed by atoms with Gasteiger partial charge in [-0.05, 0) is 106 Å². The van der Waals surface area contributed by atoms with Gasteiger partial charge in [0.05, 0.1) is 49.3 Å². The molecule has 9 fully saturated rings. The molecular weight excluding hydrogens is 673 g/mol. The summed E-state index contributed by atoms with van der Waals surface area (Å²) >= 11 is 0. The second-order valence-electron chi connectivity index (χ2n) is 19.8. The number of rotatable bonds is 11. The number of fused-ring (bicyclic) bond motifs is 20. The topological polar surface area (TPSA) is 123 Å². The zero-order valence-corrected chi connectivity index (χ0v) is 33.8. The zero-order chi connectivity index (χ0) is 36.4. The Morgan fingerprint density at radius 1 is 0.407 bits per heavy atom. The molecule has 0 aromatic heterocycles. The average Bonchev–Trinajstić information content (AvgIpc) is 3.93. The molecule has 5 heterocycles. The van der Waals surface area contributed by atoms with Crippen molar-refractivity contribution < 1.29 is 9.53 Å². The number of hydrogen-bond acceptors (Lipinski definition) is 10. The fourth-order valence-corrected chi connectivity index (χ4v) is 13.9. The molecule has 0 spiro atoms. The average molecular weight is 751 g/mol. The van der Waals surface area contributed by atoms with E-state index < -0.39 is 0 Å². The lowest BCUT2D eigenvalue weighted by atomic mass is 9.75. The van der Waals surface area contributed by atoms with Crippen LogP contribution in [0, 0.1) is 47.3 Å². The summed E-state index contributed by atoms with van der Waals surface area (Å²) in [4.78, 5) is 13.5. The van der Waals surface area contributed by atoms with Crippen LogP contribution >= 0.6 is 0 Å². The van der Waals surface area contributed by atoms with Gasteiger partial charge in [-0.1, -0.05) is 96.8 Å². The first-order valence-corrected chi connectivity index (χ1v) is 23.9. The maximum atomic E-state index is 13.5. The third kappa shape index (κ3) is 8.21. The Kier molecular flexibility index (Phi) is 12.9. The number of carbonyl (C=O) groups excluding carboxylic acids is 1. The van der Waals surface area contributed by atoms with Crippen LogP contribution in [0.3, 0.4) is 0 Å². The Labute approximate surface area is 327 Å². The van der Waals surface area contributed by atoms with Gasteiger partial charge >= 0.3 is 5.97 Å². The summed E-state index contributed by atoms with van der Waals surface area (Å²) in [6.07, 6.45) is 33.5. The minimum absolute atomic E-state index is 0.0253. The van der Waals surface area contributed by atoms with E-state index in [9.17, 15) is 4.79 Å². The molecule has 306 valence electrons. The minimum atomic E-state index is -0.0253. The van der Waals surface area contributed by atoms with Gasteiger partial charge in [0.15, 0.2) is 0 Å². The van der Waals surface area contributed by atoms with E-state index in [4.69, 9.17) is 4.74 Å². The highest BCUT2D eigenvalue weighted by Gasteiger charge is 2.56. The molecule has 5 aliphatic heterocycles. The van der Waals surface area contributed by atoms with Gasteiger partial charge in [0.25, 0.3) is 0 Å². The third-order valence-corrected chi connectivity index (χ3v) is 16.6. The molecule has 17 atom stereocenters. The van der Waals surface area contributed by atoms with Gasteiger partial charge in [0.1, 0.15) is 6.10 Å². The third-order valence-electron chi connectivity index (χ3n) is 16.6. The number of esters is 1. The molecule has 10 nitrogen and oxygen atoms in total. The summed E-state index contributed by atoms with van der Waals surface area (Å²) < 4.78 is 6.56. The van der Waals surface area contributed by atoms with Crippen molar-refractivity contribution in [3.8, 4) is 0 Å². The van der Waals surface area contributed by atoms with E-state index in [1.807, 2.05) is 0 Å².